The van der Waals surface area contributed by atoms with Crippen molar-refractivity contribution in [3.05, 3.63) is 47.5 Å². The van der Waals surface area contributed by atoms with Crippen molar-refractivity contribution in [1.82, 2.24) is 0 Å². The molecule has 3 rings (SSSR count). The van der Waals surface area contributed by atoms with Crippen LogP contribution >= 0.6 is 0 Å². The highest BCUT2D eigenvalue weighted by Crippen LogP contribution is 2.38. The fourth-order valence-electron chi connectivity index (χ4n) is 3.53. The number of hydrogen-bond donors (Lipinski definition) is 2. The fraction of sp³-hybridized carbons (Fsp3) is 0.429. The molecule has 27 heavy (non-hydrogen) atoms. The maximum Gasteiger partial charge on any atom is 0.200 e. The zero-order valence-electron chi connectivity index (χ0n) is 15.5. The average Bonchev–Trinajstić information content (AvgIpc) is 2.66. The van der Waals surface area contributed by atoms with Gasteiger partial charge < -0.3 is 20.9 Å². The predicted molar refractivity (Wildman–Crippen MR) is 103 cm³/mol. The first-order valence-corrected chi connectivity index (χ1v) is 9.42. The monoisotopic (exact) mass is 376 g/mol. The van der Waals surface area contributed by atoms with Gasteiger partial charge in [0.1, 0.15) is 5.75 Å². The predicted octanol–water partition coefficient (Wildman–Crippen LogP) is 5.02. The van der Waals surface area contributed by atoms with E-state index >= 15 is 0 Å². The normalized spacial score (nSPS) is 19.7. The van der Waals surface area contributed by atoms with Gasteiger partial charge in [-0.05, 0) is 67.9 Å². The van der Waals surface area contributed by atoms with Crippen molar-refractivity contribution in [3.63, 3.8) is 0 Å². The first-order valence-electron chi connectivity index (χ1n) is 9.42. The number of nitrogens with two attached hydrogens (primary N) is 2. The molecule has 146 valence electrons. The van der Waals surface area contributed by atoms with Crippen LogP contribution in [0.3, 0.4) is 0 Å². The number of nitrogen functional groups attached to an aromatic ring is 2. The molecule has 0 amide bonds. The van der Waals surface area contributed by atoms with Gasteiger partial charge in [-0.2, -0.15) is 4.39 Å². The van der Waals surface area contributed by atoms with Gasteiger partial charge in [0.05, 0.1) is 18.4 Å². The van der Waals surface area contributed by atoms with Crippen LogP contribution in [0.2, 0.25) is 0 Å². The van der Waals surface area contributed by atoms with E-state index in [4.69, 9.17) is 20.9 Å². The third kappa shape index (κ3) is 4.43. The standard InChI is InChI=1S/C21H26F2N2O2/c1-2-11-26-19-10-8-16(20(22)21(19)23)13-3-6-15(7-4-13)27-18-9-5-14(24)12-17(18)25/h5,8-10,12-13,15H,2-4,6-7,11,24-25H2,1H3. The Morgan fingerprint density at radius 1 is 0.963 bits per heavy atom. The number of halogens is 2. The summed E-state index contributed by atoms with van der Waals surface area (Å²) in [6.07, 6.45) is 3.71. The first-order chi connectivity index (χ1) is 13.0. The Hall–Kier alpha value is -2.50. The minimum atomic E-state index is -0.894. The van der Waals surface area contributed by atoms with Crippen molar-refractivity contribution in [3.8, 4) is 11.5 Å². The van der Waals surface area contributed by atoms with Crippen molar-refractivity contribution in [2.45, 2.75) is 51.0 Å². The van der Waals surface area contributed by atoms with Gasteiger partial charge in [0.2, 0.25) is 5.82 Å². The Kier molecular flexibility index (Phi) is 6.04. The molecule has 0 heterocycles. The largest absolute Gasteiger partial charge is 0.490 e. The van der Waals surface area contributed by atoms with E-state index in [1.807, 2.05) is 6.92 Å². The average molecular weight is 376 g/mol. The summed E-state index contributed by atoms with van der Waals surface area (Å²) in [4.78, 5) is 0. The third-order valence-electron chi connectivity index (χ3n) is 4.98. The highest BCUT2D eigenvalue weighted by molar-refractivity contribution is 5.60. The smallest absolute Gasteiger partial charge is 0.200 e. The quantitative estimate of drug-likeness (QED) is 0.694. The molecule has 0 bridgehead atoms. The van der Waals surface area contributed by atoms with E-state index < -0.39 is 11.6 Å². The van der Waals surface area contributed by atoms with E-state index in [-0.39, 0.29) is 17.8 Å². The summed E-state index contributed by atoms with van der Waals surface area (Å²) in [5, 5.41) is 0. The second kappa shape index (κ2) is 8.46. The van der Waals surface area contributed by atoms with Gasteiger partial charge in [0.25, 0.3) is 0 Å². The van der Waals surface area contributed by atoms with Crippen LogP contribution in [0.25, 0.3) is 0 Å². The lowest BCUT2D eigenvalue weighted by Gasteiger charge is -2.30. The van der Waals surface area contributed by atoms with Gasteiger partial charge in [-0.1, -0.05) is 13.0 Å². The van der Waals surface area contributed by atoms with Crippen LogP contribution in [0.1, 0.15) is 50.5 Å². The Morgan fingerprint density at radius 2 is 1.67 bits per heavy atom. The third-order valence-corrected chi connectivity index (χ3v) is 4.98. The number of ether oxygens (including phenoxy) is 2. The molecule has 6 heteroatoms. The second-order valence-electron chi connectivity index (χ2n) is 7.02. The molecular formula is C21H26F2N2O2. The molecule has 1 aliphatic rings. The van der Waals surface area contributed by atoms with Crippen LogP contribution in [0.5, 0.6) is 11.5 Å². The van der Waals surface area contributed by atoms with Gasteiger partial charge in [-0.3, -0.25) is 0 Å². The van der Waals surface area contributed by atoms with Gasteiger partial charge in [-0.15, -0.1) is 0 Å². The van der Waals surface area contributed by atoms with Gasteiger partial charge in [0, 0.05) is 5.69 Å². The molecule has 0 aromatic heterocycles. The molecule has 0 aliphatic heterocycles. The molecule has 0 saturated heterocycles. The Morgan fingerprint density at radius 3 is 2.33 bits per heavy atom. The summed E-state index contributed by atoms with van der Waals surface area (Å²) < 4.78 is 40.0. The van der Waals surface area contributed by atoms with E-state index in [0.29, 0.717) is 29.3 Å². The maximum absolute atomic E-state index is 14.5. The number of benzene rings is 2. The molecule has 1 fully saturated rings. The minimum Gasteiger partial charge on any atom is -0.490 e. The van der Waals surface area contributed by atoms with Crippen molar-refractivity contribution in [2.24, 2.45) is 0 Å². The van der Waals surface area contributed by atoms with Crippen LogP contribution in [-0.4, -0.2) is 12.7 Å². The van der Waals surface area contributed by atoms with Crippen LogP contribution < -0.4 is 20.9 Å². The first kappa shape index (κ1) is 19.3. The van der Waals surface area contributed by atoms with Gasteiger partial charge in [0.15, 0.2) is 11.6 Å². The van der Waals surface area contributed by atoms with Gasteiger partial charge in [-0.25, -0.2) is 4.39 Å². The molecule has 2 aromatic carbocycles. The molecule has 4 nitrogen and oxygen atoms in total. The van der Waals surface area contributed by atoms with E-state index in [1.54, 1.807) is 24.3 Å². The van der Waals surface area contributed by atoms with Crippen molar-refractivity contribution >= 4 is 11.4 Å². The van der Waals surface area contributed by atoms with Crippen LogP contribution in [0.4, 0.5) is 20.2 Å². The number of anilines is 2. The van der Waals surface area contributed by atoms with Crippen LogP contribution in [0.15, 0.2) is 30.3 Å². The maximum atomic E-state index is 14.5. The fourth-order valence-corrected chi connectivity index (χ4v) is 3.53. The van der Waals surface area contributed by atoms with Crippen molar-refractivity contribution in [2.75, 3.05) is 18.1 Å². The summed E-state index contributed by atoms with van der Waals surface area (Å²) in [6, 6.07) is 8.36. The molecule has 1 aliphatic carbocycles. The summed E-state index contributed by atoms with van der Waals surface area (Å²) in [6.45, 7) is 2.29. The van der Waals surface area contributed by atoms with Crippen LogP contribution in [0, 0.1) is 11.6 Å². The molecule has 0 spiro atoms. The molecular weight excluding hydrogens is 350 g/mol. The Labute approximate surface area is 158 Å². The van der Waals surface area contributed by atoms with Gasteiger partial charge >= 0.3 is 0 Å². The Bertz CT molecular complexity index is 790. The molecule has 0 atom stereocenters. The number of hydrogen-bond acceptors (Lipinski definition) is 4. The lowest BCUT2D eigenvalue weighted by Crippen LogP contribution is -2.24. The van der Waals surface area contributed by atoms with Crippen LogP contribution in [-0.2, 0) is 0 Å². The minimum absolute atomic E-state index is 0.00671. The zero-order valence-corrected chi connectivity index (χ0v) is 15.5. The summed E-state index contributed by atoms with van der Waals surface area (Å²) in [7, 11) is 0. The second-order valence-corrected chi connectivity index (χ2v) is 7.02. The Balaban J connectivity index is 1.62. The highest BCUT2D eigenvalue weighted by atomic mass is 19.2. The highest BCUT2D eigenvalue weighted by Gasteiger charge is 2.27. The number of rotatable bonds is 6. The lowest BCUT2D eigenvalue weighted by atomic mass is 9.82. The summed E-state index contributed by atoms with van der Waals surface area (Å²) >= 11 is 0. The van der Waals surface area contributed by atoms with E-state index in [9.17, 15) is 8.78 Å². The topological polar surface area (TPSA) is 70.5 Å². The molecule has 0 unspecified atom stereocenters. The van der Waals surface area contributed by atoms with E-state index in [2.05, 4.69) is 0 Å². The molecule has 2 aromatic rings. The molecule has 1 saturated carbocycles. The molecule has 4 N–H and O–H groups in total. The summed E-state index contributed by atoms with van der Waals surface area (Å²) in [5.41, 5.74) is 13.1. The van der Waals surface area contributed by atoms with E-state index in [1.165, 1.54) is 6.07 Å². The molecule has 0 radical (unpaired) electrons. The summed E-state index contributed by atoms with van der Waals surface area (Å²) in [5.74, 6) is -1.12. The van der Waals surface area contributed by atoms with Crippen molar-refractivity contribution < 1.29 is 18.3 Å². The van der Waals surface area contributed by atoms with E-state index in [0.717, 1.165) is 32.1 Å². The zero-order chi connectivity index (χ0) is 19.4. The lowest BCUT2D eigenvalue weighted by molar-refractivity contribution is 0.146. The van der Waals surface area contributed by atoms with Crippen molar-refractivity contribution in [1.29, 1.82) is 0 Å². The SMILES string of the molecule is CCCOc1ccc(C2CCC(Oc3ccc(N)cc3N)CC2)c(F)c1F.